The first kappa shape index (κ1) is 12.0. The standard InChI is InChI=1S/C11H16ClN3/c1-3-5-7-13-11-8-9(12)14-10(15-11)6-4-2/h3,8H,1,4-7H2,2H3,(H,13,14,15). The van der Waals surface area contributed by atoms with Crippen molar-refractivity contribution < 1.29 is 0 Å². The summed E-state index contributed by atoms with van der Waals surface area (Å²) in [6.07, 6.45) is 4.65. The van der Waals surface area contributed by atoms with Crippen molar-refractivity contribution in [2.45, 2.75) is 26.2 Å². The summed E-state index contributed by atoms with van der Waals surface area (Å²) in [6.45, 7) is 6.57. The van der Waals surface area contributed by atoms with Crippen LogP contribution in [0, 0.1) is 0 Å². The van der Waals surface area contributed by atoms with Crippen LogP contribution in [-0.4, -0.2) is 16.5 Å². The van der Waals surface area contributed by atoms with E-state index in [1.807, 2.05) is 6.08 Å². The summed E-state index contributed by atoms with van der Waals surface area (Å²) < 4.78 is 0. The maximum absolute atomic E-state index is 5.89. The first-order valence-electron chi connectivity index (χ1n) is 5.14. The first-order valence-corrected chi connectivity index (χ1v) is 5.52. The first-order chi connectivity index (χ1) is 7.26. The maximum Gasteiger partial charge on any atom is 0.134 e. The van der Waals surface area contributed by atoms with Crippen LogP contribution in [-0.2, 0) is 6.42 Å². The van der Waals surface area contributed by atoms with E-state index < -0.39 is 0 Å². The van der Waals surface area contributed by atoms with E-state index in [9.17, 15) is 0 Å². The normalized spacial score (nSPS) is 10.0. The van der Waals surface area contributed by atoms with Gasteiger partial charge in [-0.25, -0.2) is 9.97 Å². The molecule has 3 nitrogen and oxygen atoms in total. The minimum absolute atomic E-state index is 0.495. The third-order valence-corrected chi connectivity index (χ3v) is 2.06. The second-order valence-corrected chi connectivity index (χ2v) is 3.63. The van der Waals surface area contributed by atoms with Crippen LogP contribution in [0.2, 0.25) is 5.15 Å². The van der Waals surface area contributed by atoms with Crippen LogP contribution >= 0.6 is 11.6 Å². The van der Waals surface area contributed by atoms with Gasteiger partial charge < -0.3 is 5.32 Å². The highest BCUT2D eigenvalue weighted by atomic mass is 35.5. The lowest BCUT2D eigenvalue weighted by Gasteiger charge is -2.06. The molecule has 0 saturated carbocycles. The summed E-state index contributed by atoms with van der Waals surface area (Å²) >= 11 is 5.89. The fourth-order valence-corrected chi connectivity index (χ4v) is 1.39. The lowest BCUT2D eigenvalue weighted by molar-refractivity contribution is 0.833. The molecule has 1 heterocycles. The van der Waals surface area contributed by atoms with Gasteiger partial charge in [-0.15, -0.1) is 6.58 Å². The quantitative estimate of drug-likeness (QED) is 0.459. The number of hydrogen-bond donors (Lipinski definition) is 1. The zero-order valence-electron chi connectivity index (χ0n) is 8.96. The highest BCUT2D eigenvalue weighted by molar-refractivity contribution is 6.29. The van der Waals surface area contributed by atoms with Gasteiger partial charge in [0.15, 0.2) is 0 Å². The van der Waals surface area contributed by atoms with E-state index in [1.165, 1.54) is 0 Å². The van der Waals surface area contributed by atoms with Crippen molar-refractivity contribution in [2.75, 3.05) is 11.9 Å². The SMILES string of the molecule is C=CCCNc1cc(Cl)nc(CCC)n1. The van der Waals surface area contributed by atoms with Gasteiger partial charge in [0.25, 0.3) is 0 Å². The Morgan fingerprint density at radius 3 is 3.00 bits per heavy atom. The number of anilines is 1. The molecule has 15 heavy (non-hydrogen) atoms. The van der Waals surface area contributed by atoms with Gasteiger partial charge in [0.05, 0.1) is 0 Å². The Balaban J connectivity index is 2.65. The van der Waals surface area contributed by atoms with E-state index in [0.29, 0.717) is 5.15 Å². The molecule has 0 amide bonds. The number of hydrogen-bond acceptors (Lipinski definition) is 3. The predicted octanol–water partition coefficient (Wildman–Crippen LogP) is 3.07. The summed E-state index contributed by atoms with van der Waals surface area (Å²) in [6, 6.07) is 1.74. The Labute approximate surface area is 95.6 Å². The molecule has 0 unspecified atom stereocenters. The number of rotatable bonds is 6. The predicted molar refractivity (Wildman–Crippen MR) is 64.3 cm³/mol. The second kappa shape index (κ2) is 6.40. The molecule has 1 N–H and O–H groups in total. The van der Waals surface area contributed by atoms with Crippen LogP contribution < -0.4 is 5.32 Å². The molecule has 82 valence electrons. The molecule has 1 rings (SSSR count). The van der Waals surface area contributed by atoms with Crippen molar-refractivity contribution in [1.29, 1.82) is 0 Å². The number of aromatic nitrogens is 2. The van der Waals surface area contributed by atoms with Crippen LogP contribution in [0.3, 0.4) is 0 Å². The van der Waals surface area contributed by atoms with E-state index in [0.717, 1.165) is 37.4 Å². The molecule has 4 heteroatoms. The molecule has 0 aliphatic rings. The van der Waals surface area contributed by atoms with Crippen LogP contribution in [0.1, 0.15) is 25.6 Å². The third-order valence-electron chi connectivity index (χ3n) is 1.87. The molecule has 0 aliphatic heterocycles. The van der Waals surface area contributed by atoms with Crippen molar-refractivity contribution in [2.24, 2.45) is 0 Å². The summed E-state index contributed by atoms with van der Waals surface area (Å²) in [4.78, 5) is 8.50. The fraction of sp³-hybridized carbons (Fsp3) is 0.455. The number of nitrogens with zero attached hydrogens (tertiary/aromatic N) is 2. The molecular weight excluding hydrogens is 210 g/mol. The van der Waals surface area contributed by atoms with Crippen molar-refractivity contribution >= 4 is 17.4 Å². The minimum atomic E-state index is 0.495. The largest absolute Gasteiger partial charge is 0.370 e. The van der Waals surface area contributed by atoms with Gasteiger partial charge in [0.1, 0.15) is 16.8 Å². The van der Waals surface area contributed by atoms with Gasteiger partial charge in [0, 0.05) is 19.0 Å². The highest BCUT2D eigenvalue weighted by Gasteiger charge is 2.01. The molecule has 0 radical (unpaired) electrons. The van der Waals surface area contributed by atoms with Gasteiger partial charge >= 0.3 is 0 Å². The minimum Gasteiger partial charge on any atom is -0.370 e. The Hall–Kier alpha value is -1.09. The van der Waals surface area contributed by atoms with E-state index in [4.69, 9.17) is 11.6 Å². The molecule has 0 spiro atoms. The molecule has 0 atom stereocenters. The lowest BCUT2D eigenvalue weighted by Crippen LogP contribution is -2.05. The summed E-state index contributed by atoms with van der Waals surface area (Å²) in [5.41, 5.74) is 0. The molecule has 0 fully saturated rings. The van der Waals surface area contributed by atoms with Gasteiger partial charge in [0.2, 0.25) is 0 Å². The van der Waals surface area contributed by atoms with E-state index in [2.05, 4.69) is 28.8 Å². The topological polar surface area (TPSA) is 37.8 Å². The molecule has 1 aromatic heterocycles. The summed E-state index contributed by atoms with van der Waals surface area (Å²) in [7, 11) is 0. The van der Waals surface area contributed by atoms with Crippen molar-refractivity contribution in [3.63, 3.8) is 0 Å². The fourth-order valence-electron chi connectivity index (χ4n) is 1.19. The van der Waals surface area contributed by atoms with Crippen molar-refractivity contribution in [1.82, 2.24) is 9.97 Å². The molecule has 0 aromatic carbocycles. The zero-order valence-corrected chi connectivity index (χ0v) is 9.72. The van der Waals surface area contributed by atoms with Crippen molar-refractivity contribution in [3.05, 3.63) is 29.7 Å². The van der Waals surface area contributed by atoms with Crippen LogP contribution in [0.25, 0.3) is 0 Å². The lowest BCUT2D eigenvalue weighted by atomic mass is 10.3. The smallest absolute Gasteiger partial charge is 0.134 e. The van der Waals surface area contributed by atoms with Gasteiger partial charge in [-0.1, -0.05) is 24.6 Å². The van der Waals surface area contributed by atoms with Crippen molar-refractivity contribution in [3.8, 4) is 0 Å². The summed E-state index contributed by atoms with van der Waals surface area (Å²) in [5, 5.41) is 3.67. The van der Waals surface area contributed by atoms with Crippen LogP contribution in [0.15, 0.2) is 18.7 Å². The van der Waals surface area contributed by atoms with Crippen LogP contribution in [0.5, 0.6) is 0 Å². The van der Waals surface area contributed by atoms with Gasteiger partial charge in [-0.2, -0.15) is 0 Å². The Morgan fingerprint density at radius 2 is 2.33 bits per heavy atom. The van der Waals surface area contributed by atoms with Crippen LogP contribution in [0.4, 0.5) is 5.82 Å². The van der Waals surface area contributed by atoms with E-state index in [1.54, 1.807) is 6.07 Å². The molecule has 0 saturated heterocycles. The molecule has 0 aliphatic carbocycles. The molecule has 1 aromatic rings. The van der Waals surface area contributed by atoms with Gasteiger partial charge in [-0.05, 0) is 12.8 Å². The molecular formula is C11H16ClN3. The third kappa shape index (κ3) is 4.30. The summed E-state index contributed by atoms with van der Waals surface area (Å²) in [5.74, 6) is 1.59. The highest BCUT2D eigenvalue weighted by Crippen LogP contribution is 2.12. The Kier molecular flexibility index (Phi) is 5.12. The Morgan fingerprint density at radius 1 is 1.53 bits per heavy atom. The van der Waals surface area contributed by atoms with E-state index >= 15 is 0 Å². The monoisotopic (exact) mass is 225 g/mol. The Bertz CT molecular complexity index is 326. The zero-order chi connectivity index (χ0) is 11.1. The average Bonchev–Trinajstić information content (AvgIpc) is 2.18. The molecule has 0 bridgehead atoms. The number of aryl methyl sites for hydroxylation is 1. The van der Waals surface area contributed by atoms with E-state index in [-0.39, 0.29) is 0 Å². The number of nitrogens with one attached hydrogen (secondary N) is 1. The van der Waals surface area contributed by atoms with Gasteiger partial charge in [-0.3, -0.25) is 0 Å². The maximum atomic E-state index is 5.89. The number of halogens is 1. The second-order valence-electron chi connectivity index (χ2n) is 3.25. The average molecular weight is 226 g/mol.